The summed E-state index contributed by atoms with van der Waals surface area (Å²) in [7, 11) is 0. The van der Waals surface area contributed by atoms with E-state index in [2.05, 4.69) is 4.98 Å². The normalized spacial score (nSPS) is 14.9. The molecular formula is C22H16ClN3O5S2. The van der Waals surface area contributed by atoms with Gasteiger partial charge < -0.3 is 9.84 Å². The van der Waals surface area contributed by atoms with Crippen LogP contribution in [0.15, 0.2) is 58.4 Å². The minimum Gasteiger partial charge on any atom is -0.481 e. The van der Waals surface area contributed by atoms with Crippen molar-refractivity contribution >= 4 is 63.5 Å². The van der Waals surface area contributed by atoms with Gasteiger partial charge in [0.15, 0.2) is 0 Å². The number of thioether (sulfide) groups is 1. The Morgan fingerprint density at radius 2 is 1.97 bits per heavy atom. The lowest BCUT2D eigenvalue weighted by Crippen LogP contribution is -2.29. The number of fused-ring (bicyclic) bond motifs is 1. The Kier molecular flexibility index (Phi) is 6.77. The third-order valence-electron chi connectivity index (χ3n) is 4.70. The number of aliphatic carboxylic acids is 1. The number of para-hydroxylation sites is 1. The molecule has 1 aliphatic rings. The molecule has 0 unspecified atom stereocenters. The molecule has 4 rings (SSSR count). The summed E-state index contributed by atoms with van der Waals surface area (Å²) < 4.78 is 7.52. The number of carbonyl (C=O) groups is 2. The maximum atomic E-state index is 13.3. The van der Waals surface area contributed by atoms with Gasteiger partial charge in [-0.25, -0.2) is 0 Å². The molecule has 2 aromatic heterocycles. The average molecular weight is 502 g/mol. The maximum Gasteiger partial charge on any atom is 0.303 e. The van der Waals surface area contributed by atoms with Crippen molar-refractivity contribution in [2.24, 2.45) is 0 Å². The van der Waals surface area contributed by atoms with Gasteiger partial charge in [-0.3, -0.25) is 23.7 Å². The fourth-order valence-electron chi connectivity index (χ4n) is 3.13. The molecule has 0 atom stereocenters. The standard InChI is InChI=1S/C22H16ClN3O5S2/c23-14-6-1-2-7-15(14)31-19-13(20(29)25-10-4-3-8-17(25)24-19)12-16-21(30)26(22(32)33-16)11-5-9-18(27)28/h1-4,6-8,10,12H,5,9,11H2,(H,27,28)/b16-12+. The maximum absolute atomic E-state index is 13.3. The van der Waals surface area contributed by atoms with E-state index in [0.29, 0.717) is 20.7 Å². The van der Waals surface area contributed by atoms with Crippen LogP contribution in [0.3, 0.4) is 0 Å². The van der Waals surface area contributed by atoms with Crippen molar-refractivity contribution in [2.45, 2.75) is 12.8 Å². The van der Waals surface area contributed by atoms with E-state index >= 15 is 0 Å². The van der Waals surface area contributed by atoms with Gasteiger partial charge in [-0.15, -0.1) is 0 Å². The summed E-state index contributed by atoms with van der Waals surface area (Å²) in [5, 5.41) is 9.17. The first kappa shape index (κ1) is 23.0. The Morgan fingerprint density at radius 1 is 1.21 bits per heavy atom. The van der Waals surface area contributed by atoms with E-state index in [9.17, 15) is 14.4 Å². The van der Waals surface area contributed by atoms with Gasteiger partial charge in [0.2, 0.25) is 5.88 Å². The molecule has 11 heteroatoms. The SMILES string of the molecule is O=C(O)CCCN1C(=O)/C(=C\c2c(Oc3ccccc3Cl)nc3ccccn3c2=O)SC1=S. The number of benzene rings is 1. The van der Waals surface area contributed by atoms with Gasteiger partial charge in [0.1, 0.15) is 21.3 Å². The molecule has 1 aliphatic heterocycles. The van der Waals surface area contributed by atoms with Crippen LogP contribution >= 0.6 is 35.6 Å². The van der Waals surface area contributed by atoms with Gasteiger partial charge in [-0.05, 0) is 36.8 Å². The van der Waals surface area contributed by atoms with Gasteiger partial charge in [0.05, 0.1) is 9.93 Å². The summed E-state index contributed by atoms with van der Waals surface area (Å²) in [6, 6.07) is 11.9. The number of nitrogens with zero attached hydrogens (tertiary/aromatic N) is 3. The molecule has 0 saturated carbocycles. The molecule has 1 fully saturated rings. The number of hydrogen-bond donors (Lipinski definition) is 1. The molecule has 1 amide bonds. The van der Waals surface area contributed by atoms with E-state index in [4.69, 9.17) is 33.7 Å². The number of ether oxygens (including phenoxy) is 1. The number of halogens is 1. The molecule has 33 heavy (non-hydrogen) atoms. The molecule has 0 radical (unpaired) electrons. The zero-order valence-corrected chi connectivity index (χ0v) is 19.3. The minimum absolute atomic E-state index is 0.00422. The summed E-state index contributed by atoms with van der Waals surface area (Å²) in [5.41, 5.74) is -0.00798. The van der Waals surface area contributed by atoms with Gasteiger partial charge >= 0.3 is 5.97 Å². The molecular weight excluding hydrogens is 486 g/mol. The molecule has 3 heterocycles. The molecule has 1 aromatic carbocycles. The van der Waals surface area contributed by atoms with Gasteiger partial charge in [-0.1, -0.05) is 53.8 Å². The van der Waals surface area contributed by atoms with Crippen LogP contribution in [0, 0.1) is 0 Å². The van der Waals surface area contributed by atoms with Gasteiger partial charge in [0, 0.05) is 19.2 Å². The van der Waals surface area contributed by atoms with Gasteiger partial charge in [-0.2, -0.15) is 4.98 Å². The predicted molar refractivity (Wildman–Crippen MR) is 130 cm³/mol. The summed E-state index contributed by atoms with van der Waals surface area (Å²) in [6.45, 7) is 0.173. The average Bonchev–Trinajstić information content (AvgIpc) is 3.05. The molecule has 3 aromatic rings. The van der Waals surface area contributed by atoms with Crippen LogP contribution < -0.4 is 10.3 Å². The van der Waals surface area contributed by atoms with Crippen molar-refractivity contribution < 1.29 is 19.4 Å². The zero-order chi connectivity index (χ0) is 23.5. The molecule has 168 valence electrons. The van der Waals surface area contributed by atoms with Crippen LogP contribution in [0.25, 0.3) is 11.7 Å². The summed E-state index contributed by atoms with van der Waals surface area (Å²) in [4.78, 5) is 42.9. The Hall–Kier alpha value is -3.21. The summed E-state index contributed by atoms with van der Waals surface area (Å²) in [6.07, 6.45) is 3.15. The highest BCUT2D eigenvalue weighted by atomic mass is 35.5. The van der Waals surface area contributed by atoms with Crippen LogP contribution in [0.2, 0.25) is 5.02 Å². The van der Waals surface area contributed by atoms with Crippen molar-refractivity contribution in [1.29, 1.82) is 0 Å². The van der Waals surface area contributed by atoms with E-state index < -0.39 is 17.4 Å². The van der Waals surface area contributed by atoms with Crippen molar-refractivity contribution in [1.82, 2.24) is 14.3 Å². The minimum atomic E-state index is -0.951. The third-order valence-corrected chi connectivity index (χ3v) is 6.39. The largest absolute Gasteiger partial charge is 0.481 e. The van der Waals surface area contributed by atoms with E-state index in [1.165, 1.54) is 15.4 Å². The van der Waals surface area contributed by atoms with Crippen LogP contribution in [0.1, 0.15) is 18.4 Å². The van der Waals surface area contributed by atoms with Crippen LogP contribution in [-0.4, -0.2) is 42.1 Å². The Labute approximate surface area is 202 Å². The van der Waals surface area contributed by atoms with Crippen LogP contribution in [0.4, 0.5) is 0 Å². The van der Waals surface area contributed by atoms with Gasteiger partial charge in [0.25, 0.3) is 11.5 Å². The Morgan fingerprint density at radius 3 is 2.73 bits per heavy atom. The van der Waals surface area contributed by atoms with Crippen molar-refractivity contribution in [3.8, 4) is 11.6 Å². The monoisotopic (exact) mass is 501 g/mol. The molecule has 8 nitrogen and oxygen atoms in total. The second kappa shape index (κ2) is 9.74. The number of aromatic nitrogens is 2. The highest BCUT2D eigenvalue weighted by Crippen LogP contribution is 2.35. The van der Waals surface area contributed by atoms with Crippen LogP contribution in [0.5, 0.6) is 11.6 Å². The first-order valence-electron chi connectivity index (χ1n) is 9.76. The second-order valence-electron chi connectivity index (χ2n) is 6.93. The number of rotatable bonds is 7. The lowest BCUT2D eigenvalue weighted by atomic mass is 10.2. The number of carbonyl (C=O) groups excluding carboxylic acids is 1. The fraction of sp³-hybridized carbons (Fsp3) is 0.136. The molecule has 1 saturated heterocycles. The number of thiocarbonyl (C=S) groups is 1. The fourth-order valence-corrected chi connectivity index (χ4v) is 4.59. The highest BCUT2D eigenvalue weighted by molar-refractivity contribution is 8.26. The van der Waals surface area contributed by atoms with Crippen LogP contribution in [-0.2, 0) is 9.59 Å². The smallest absolute Gasteiger partial charge is 0.303 e. The Bertz CT molecular complexity index is 1370. The molecule has 0 spiro atoms. The number of amides is 1. The zero-order valence-electron chi connectivity index (χ0n) is 16.9. The summed E-state index contributed by atoms with van der Waals surface area (Å²) in [5.74, 6) is -1.05. The van der Waals surface area contributed by atoms with E-state index in [1.54, 1.807) is 48.7 Å². The first-order valence-corrected chi connectivity index (χ1v) is 11.4. The van der Waals surface area contributed by atoms with E-state index in [0.717, 1.165) is 11.8 Å². The number of carboxylic acid groups (broad SMARTS) is 1. The lowest BCUT2D eigenvalue weighted by molar-refractivity contribution is -0.137. The van der Waals surface area contributed by atoms with Crippen molar-refractivity contribution in [2.75, 3.05) is 6.54 Å². The molecule has 0 bridgehead atoms. The van der Waals surface area contributed by atoms with Crippen molar-refractivity contribution in [3.05, 3.63) is 74.5 Å². The molecule has 1 N–H and O–H groups in total. The summed E-state index contributed by atoms with van der Waals surface area (Å²) >= 11 is 12.5. The lowest BCUT2D eigenvalue weighted by Gasteiger charge is -2.13. The number of hydrogen-bond acceptors (Lipinski definition) is 7. The highest BCUT2D eigenvalue weighted by Gasteiger charge is 2.32. The second-order valence-corrected chi connectivity index (χ2v) is 9.01. The number of pyridine rings is 1. The third kappa shape index (κ3) is 4.92. The first-order chi connectivity index (χ1) is 15.8. The topological polar surface area (TPSA) is 101 Å². The Balaban J connectivity index is 1.75. The van der Waals surface area contributed by atoms with E-state index in [1.807, 2.05) is 0 Å². The van der Waals surface area contributed by atoms with E-state index in [-0.39, 0.29) is 35.7 Å². The number of carboxylic acids is 1. The van der Waals surface area contributed by atoms with Crippen molar-refractivity contribution in [3.63, 3.8) is 0 Å². The predicted octanol–water partition coefficient (Wildman–Crippen LogP) is 4.21. The molecule has 0 aliphatic carbocycles. The quantitative estimate of drug-likeness (QED) is 0.379.